The normalized spacial score (nSPS) is 12.8. The van der Waals surface area contributed by atoms with Crippen molar-refractivity contribution in [3.63, 3.8) is 0 Å². The van der Waals surface area contributed by atoms with Crippen molar-refractivity contribution in [2.45, 2.75) is 26.2 Å². The van der Waals surface area contributed by atoms with E-state index in [9.17, 15) is 9.90 Å². The lowest BCUT2D eigenvalue weighted by atomic mass is 10.1. The van der Waals surface area contributed by atoms with E-state index in [1.54, 1.807) is 24.3 Å². The zero-order valence-electron chi connectivity index (χ0n) is 14.6. The first kappa shape index (κ1) is 20.0. The third-order valence-corrected chi connectivity index (χ3v) is 5.57. The molecule has 140 valence electrons. The van der Waals surface area contributed by atoms with Crippen LogP contribution in [0.5, 0.6) is 5.75 Å². The second-order valence-electron chi connectivity index (χ2n) is 6.13. The summed E-state index contributed by atoms with van der Waals surface area (Å²) in [6.45, 7) is 4.02. The van der Waals surface area contributed by atoms with Gasteiger partial charge in [-0.05, 0) is 52.7 Å². The van der Waals surface area contributed by atoms with Crippen molar-refractivity contribution < 1.29 is 5.11 Å². The van der Waals surface area contributed by atoms with Crippen LogP contribution in [0.25, 0.3) is 10.9 Å². The third kappa shape index (κ3) is 4.10. The number of hydrogen-bond acceptors (Lipinski definition) is 4. The van der Waals surface area contributed by atoms with Gasteiger partial charge >= 0.3 is 0 Å². The van der Waals surface area contributed by atoms with Gasteiger partial charge in [-0.2, -0.15) is 9.78 Å². The molecule has 1 aromatic heterocycles. The molecule has 3 aromatic rings. The fourth-order valence-electron chi connectivity index (χ4n) is 2.58. The molecule has 0 radical (unpaired) electrons. The third-order valence-electron chi connectivity index (χ3n) is 4.26. The van der Waals surface area contributed by atoms with Gasteiger partial charge in [0, 0.05) is 21.0 Å². The Morgan fingerprint density at radius 3 is 2.78 bits per heavy atom. The summed E-state index contributed by atoms with van der Waals surface area (Å²) in [5.41, 5.74) is 0.748. The summed E-state index contributed by atoms with van der Waals surface area (Å²) in [7, 11) is 0. The number of phenols is 1. The van der Waals surface area contributed by atoms with Crippen molar-refractivity contribution in [1.82, 2.24) is 9.66 Å². The lowest BCUT2D eigenvalue weighted by Gasteiger charge is -2.14. The molecule has 1 N–H and O–H groups in total. The Morgan fingerprint density at radius 1 is 1.33 bits per heavy atom. The zero-order chi connectivity index (χ0) is 19.7. The van der Waals surface area contributed by atoms with Gasteiger partial charge in [-0.15, -0.1) is 0 Å². The van der Waals surface area contributed by atoms with Gasteiger partial charge in [0.2, 0.25) is 0 Å². The van der Waals surface area contributed by atoms with E-state index in [2.05, 4.69) is 41.9 Å². The van der Waals surface area contributed by atoms with Crippen LogP contribution in [0.1, 0.15) is 37.6 Å². The van der Waals surface area contributed by atoms with Crippen molar-refractivity contribution in [2.24, 2.45) is 5.10 Å². The molecule has 2 aromatic carbocycles. The van der Waals surface area contributed by atoms with Crippen molar-refractivity contribution in [3.8, 4) is 5.75 Å². The van der Waals surface area contributed by atoms with Crippen LogP contribution in [0.3, 0.4) is 0 Å². The van der Waals surface area contributed by atoms with Gasteiger partial charge in [-0.3, -0.25) is 4.79 Å². The van der Waals surface area contributed by atoms with Crippen molar-refractivity contribution in [1.29, 1.82) is 0 Å². The fraction of sp³-hybridized carbons (Fsp3) is 0.211. The van der Waals surface area contributed by atoms with Crippen molar-refractivity contribution >= 4 is 60.6 Å². The van der Waals surface area contributed by atoms with Gasteiger partial charge in [0.15, 0.2) is 0 Å². The smallest absolute Gasteiger partial charge is 0.282 e. The Bertz CT molecular complexity index is 1110. The Balaban J connectivity index is 2.23. The number of nitrogens with zero attached hydrogens (tertiary/aromatic N) is 3. The quantitative estimate of drug-likeness (QED) is 0.457. The molecular weight excluding hydrogens is 497 g/mol. The summed E-state index contributed by atoms with van der Waals surface area (Å²) in [5.74, 6) is 0.592. The second kappa shape index (κ2) is 8.12. The van der Waals surface area contributed by atoms with Crippen LogP contribution >= 0.6 is 43.5 Å². The number of phenolic OH excluding ortho intramolecular Hbond substituents is 1. The molecule has 0 saturated heterocycles. The van der Waals surface area contributed by atoms with E-state index in [1.165, 1.54) is 10.9 Å². The maximum atomic E-state index is 13.1. The molecule has 0 fully saturated rings. The number of halogens is 3. The summed E-state index contributed by atoms with van der Waals surface area (Å²) >= 11 is 12.7. The first-order valence-electron chi connectivity index (χ1n) is 8.26. The Hall–Kier alpha value is -1.70. The largest absolute Gasteiger partial charge is 0.506 e. The van der Waals surface area contributed by atoms with Crippen LogP contribution in [-0.4, -0.2) is 21.0 Å². The zero-order valence-corrected chi connectivity index (χ0v) is 18.5. The van der Waals surface area contributed by atoms with E-state index in [4.69, 9.17) is 11.6 Å². The molecular formula is C19H16Br2ClN3O2. The first-order chi connectivity index (χ1) is 12.8. The van der Waals surface area contributed by atoms with Crippen LogP contribution in [-0.2, 0) is 0 Å². The van der Waals surface area contributed by atoms with E-state index in [0.29, 0.717) is 31.8 Å². The molecule has 0 bridgehead atoms. The molecule has 0 aliphatic rings. The maximum Gasteiger partial charge on any atom is 0.282 e. The van der Waals surface area contributed by atoms with Crippen molar-refractivity contribution in [2.75, 3.05) is 0 Å². The SMILES string of the molecule is CC[C@H](C)c1nc2ccc(Br)cc2c(=O)n1N=Cc1cc(Cl)cc(Br)c1O. The minimum Gasteiger partial charge on any atom is -0.506 e. The molecule has 5 nitrogen and oxygen atoms in total. The Kier molecular flexibility index (Phi) is 6.03. The molecule has 0 spiro atoms. The van der Waals surface area contributed by atoms with Crippen LogP contribution in [0.15, 0.2) is 49.2 Å². The van der Waals surface area contributed by atoms with Gasteiger partial charge in [-0.1, -0.05) is 41.4 Å². The number of fused-ring (bicyclic) bond motifs is 1. The molecule has 0 unspecified atom stereocenters. The van der Waals surface area contributed by atoms with E-state index in [1.807, 2.05) is 19.9 Å². The number of benzene rings is 2. The average molecular weight is 514 g/mol. The Morgan fingerprint density at radius 2 is 2.07 bits per heavy atom. The lowest BCUT2D eigenvalue weighted by molar-refractivity contribution is 0.471. The summed E-state index contributed by atoms with van der Waals surface area (Å²) in [6, 6.07) is 8.54. The van der Waals surface area contributed by atoms with Gasteiger partial charge in [0.25, 0.3) is 5.56 Å². The molecule has 1 atom stereocenters. The van der Waals surface area contributed by atoms with E-state index in [-0.39, 0.29) is 17.2 Å². The van der Waals surface area contributed by atoms with Gasteiger partial charge < -0.3 is 5.11 Å². The highest BCUT2D eigenvalue weighted by Gasteiger charge is 2.16. The van der Waals surface area contributed by atoms with E-state index >= 15 is 0 Å². The molecule has 0 aliphatic carbocycles. The molecule has 0 aliphatic heterocycles. The van der Waals surface area contributed by atoms with Crippen LogP contribution in [0.2, 0.25) is 5.02 Å². The summed E-state index contributed by atoms with van der Waals surface area (Å²) in [5, 5.41) is 15.4. The number of hydrogen-bond donors (Lipinski definition) is 1. The predicted molar refractivity (Wildman–Crippen MR) is 116 cm³/mol. The van der Waals surface area contributed by atoms with Gasteiger partial charge in [0.05, 0.1) is 21.6 Å². The van der Waals surface area contributed by atoms with Crippen molar-refractivity contribution in [3.05, 3.63) is 66.0 Å². The highest BCUT2D eigenvalue weighted by molar-refractivity contribution is 9.10. The summed E-state index contributed by atoms with van der Waals surface area (Å²) in [6.07, 6.45) is 2.21. The first-order valence-corrected chi connectivity index (χ1v) is 10.2. The highest BCUT2D eigenvalue weighted by atomic mass is 79.9. The minimum atomic E-state index is -0.270. The monoisotopic (exact) mass is 511 g/mol. The van der Waals surface area contributed by atoms with Gasteiger partial charge in [-0.25, -0.2) is 4.98 Å². The predicted octanol–water partition coefficient (Wildman–Crippen LogP) is 5.68. The van der Waals surface area contributed by atoms with Crippen LogP contribution in [0, 0.1) is 0 Å². The maximum absolute atomic E-state index is 13.1. The number of aromatic nitrogens is 2. The lowest BCUT2D eigenvalue weighted by Crippen LogP contribution is -2.23. The molecule has 3 rings (SSSR count). The van der Waals surface area contributed by atoms with Crippen LogP contribution in [0.4, 0.5) is 0 Å². The molecule has 27 heavy (non-hydrogen) atoms. The van der Waals surface area contributed by atoms with E-state index < -0.39 is 0 Å². The molecule has 8 heteroatoms. The minimum absolute atomic E-state index is 0.00205. The molecule has 1 heterocycles. The molecule has 0 amide bonds. The van der Waals surface area contributed by atoms with Gasteiger partial charge in [0.1, 0.15) is 11.6 Å². The standard InChI is InChI=1S/C19H16Br2ClN3O2/c1-3-10(2)18-24-16-5-4-12(20)7-14(16)19(27)25(18)23-9-11-6-13(22)8-15(21)17(11)26/h4-10,26H,3H2,1-2H3/t10-/m0/s1. The number of rotatable bonds is 4. The Labute approximate surface area is 178 Å². The summed E-state index contributed by atoms with van der Waals surface area (Å²) in [4.78, 5) is 17.7. The number of aromatic hydroxyl groups is 1. The second-order valence-corrected chi connectivity index (χ2v) is 8.33. The fourth-order valence-corrected chi connectivity index (χ4v) is 3.78. The highest BCUT2D eigenvalue weighted by Crippen LogP contribution is 2.30. The summed E-state index contributed by atoms with van der Waals surface area (Å²) < 4.78 is 2.53. The van der Waals surface area contributed by atoms with E-state index in [0.717, 1.165) is 10.9 Å². The molecule has 0 saturated carbocycles. The average Bonchev–Trinajstić information content (AvgIpc) is 2.64. The van der Waals surface area contributed by atoms with Crippen LogP contribution < -0.4 is 5.56 Å². The topological polar surface area (TPSA) is 67.5 Å².